The van der Waals surface area contributed by atoms with E-state index in [1.165, 1.54) is 11.1 Å². The highest BCUT2D eigenvalue weighted by Gasteiger charge is 2.15. The molecule has 1 atom stereocenters. The number of aryl methyl sites for hydroxylation is 2. The third kappa shape index (κ3) is 2.46. The topological polar surface area (TPSA) is 38.0 Å². The van der Waals surface area contributed by atoms with Crippen LogP contribution in [0.15, 0.2) is 24.3 Å². The average Bonchev–Trinajstić information content (AvgIpc) is 2.54. The Bertz CT molecular complexity index is 556. The second-order valence-electron chi connectivity index (χ2n) is 4.91. The van der Waals surface area contributed by atoms with E-state index >= 15 is 0 Å². The fraction of sp³-hybridized carbons (Fsp3) is 0.400. The first-order chi connectivity index (χ1) is 8.49. The largest absolute Gasteiger partial charge is 0.389 e. The smallest absolute Gasteiger partial charge is 0.0797 e. The fourth-order valence-electron chi connectivity index (χ4n) is 2.45. The van der Waals surface area contributed by atoms with Crippen molar-refractivity contribution in [3.8, 4) is 0 Å². The van der Waals surface area contributed by atoms with Crippen LogP contribution < -0.4 is 0 Å². The molecule has 96 valence electrons. The molecular formula is C15H20N2O. The van der Waals surface area contributed by atoms with E-state index in [4.69, 9.17) is 0 Å². The zero-order valence-corrected chi connectivity index (χ0v) is 11.4. The molecule has 1 unspecified atom stereocenters. The first kappa shape index (κ1) is 12.8. The summed E-state index contributed by atoms with van der Waals surface area (Å²) in [7, 11) is 0. The second-order valence-corrected chi connectivity index (χ2v) is 4.91. The van der Waals surface area contributed by atoms with E-state index in [9.17, 15) is 5.11 Å². The summed E-state index contributed by atoms with van der Waals surface area (Å²) in [5, 5.41) is 14.3. The molecule has 0 saturated carbocycles. The maximum atomic E-state index is 9.76. The molecule has 0 bridgehead atoms. The van der Waals surface area contributed by atoms with Gasteiger partial charge in [-0.05, 0) is 33.3 Å². The molecule has 0 aliphatic carbocycles. The van der Waals surface area contributed by atoms with Gasteiger partial charge in [0.2, 0.25) is 0 Å². The molecule has 2 rings (SSSR count). The Labute approximate surface area is 108 Å². The summed E-state index contributed by atoms with van der Waals surface area (Å²) in [6, 6.07) is 8.42. The predicted molar refractivity (Wildman–Crippen MR) is 72.6 cm³/mol. The Kier molecular flexibility index (Phi) is 3.53. The lowest BCUT2D eigenvalue weighted by Gasteiger charge is -2.07. The van der Waals surface area contributed by atoms with Gasteiger partial charge in [0.25, 0.3) is 0 Å². The van der Waals surface area contributed by atoms with Gasteiger partial charge in [0.15, 0.2) is 0 Å². The molecule has 1 heterocycles. The van der Waals surface area contributed by atoms with Crippen LogP contribution in [0, 0.1) is 20.8 Å². The first-order valence-electron chi connectivity index (χ1n) is 6.26. The van der Waals surface area contributed by atoms with Crippen LogP contribution in [-0.2, 0) is 6.54 Å². The van der Waals surface area contributed by atoms with Crippen LogP contribution >= 0.6 is 0 Å². The Balaban J connectivity index is 2.33. The van der Waals surface area contributed by atoms with Gasteiger partial charge in [-0.3, -0.25) is 4.68 Å². The van der Waals surface area contributed by atoms with E-state index in [1.807, 2.05) is 18.5 Å². The van der Waals surface area contributed by atoms with E-state index in [1.54, 1.807) is 6.92 Å². The lowest BCUT2D eigenvalue weighted by molar-refractivity contribution is 0.197. The Morgan fingerprint density at radius 2 is 2.00 bits per heavy atom. The zero-order valence-electron chi connectivity index (χ0n) is 11.4. The Hall–Kier alpha value is -1.61. The van der Waals surface area contributed by atoms with Crippen molar-refractivity contribution in [3.05, 3.63) is 52.3 Å². The molecule has 1 aromatic heterocycles. The summed E-state index contributed by atoms with van der Waals surface area (Å²) in [4.78, 5) is 0. The second kappa shape index (κ2) is 4.94. The number of hydrogen-bond acceptors (Lipinski definition) is 2. The summed E-state index contributed by atoms with van der Waals surface area (Å²) in [5.41, 5.74) is 5.39. The minimum atomic E-state index is -0.462. The zero-order chi connectivity index (χ0) is 13.3. The summed E-state index contributed by atoms with van der Waals surface area (Å²) in [6.45, 7) is 8.58. The highest BCUT2D eigenvalue weighted by molar-refractivity contribution is 5.28. The van der Waals surface area contributed by atoms with Crippen molar-refractivity contribution in [2.75, 3.05) is 0 Å². The fourth-order valence-corrected chi connectivity index (χ4v) is 2.45. The first-order valence-corrected chi connectivity index (χ1v) is 6.26. The van der Waals surface area contributed by atoms with E-state index in [2.05, 4.69) is 36.3 Å². The summed E-state index contributed by atoms with van der Waals surface area (Å²) in [5.74, 6) is 0. The number of hydrogen-bond donors (Lipinski definition) is 1. The van der Waals surface area contributed by atoms with Gasteiger partial charge < -0.3 is 5.11 Å². The van der Waals surface area contributed by atoms with Crippen molar-refractivity contribution in [2.45, 2.75) is 40.3 Å². The van der Waals surface area contributed by atoms with Crippen molar-refractivity contribution >= 4 is 0 Å². The summed E-state index contributed by atoms with van der Waals surface area (Å²) < 4.78 is 1.96. The monoisotopic (exact) mass is 244 g/mol. The molecule has 0 saturated heterocycles. The molecule has 2 aromatic rings. The van der Waals surface area contributed by atoms with Crippen molar-refractivity contribution in [1.29, 1.82) is 0 Å². The van der Waals surface area contributed by atoms with E-state index < -0.39 is 6.10 Å². The van der Waals surface area contributed by atoms with E-state index in [0.29, 0.717) is 0 Å². The quantitative estimate of drug-likeness (QED) is 0.901. The summed E-state index contributed by atoms with van der Waals surface area (Å²) >= 11 is 0. The van der Waals surface area contributed by atoms with E-state index in [0.717, 1.165) is 23.5 Å². The number of aliphatic hydroxyl groups is 1. The van der Waals surface area contributed by atoms with Crippen LogP contribution in [0.3, 0.4) is 0 Å². The number of aromatic nitrogens is 2. The highest BCUT2D eigenvalue weighted by atomic mass is 16.3. The van der Waals surface area contributed by atoms with Crippen molar-refractivity contribution in [2.24, 2.45) is 0 Å². The third-order valence-electron chi connectivity index (χ3n) is 3.27. The molecule has 3 nitrogen and oxygen atoms in total. The minimum absolute atomic E-state index is 0.462. The normalized spacial score (nSPS) is 12.7. The molecule has 18 heavy (non-hydrogen) atoms. The lowest BCUT2D eigenvalue weighted by atomic mass is 10.1. The SMILES string of the molecule is Cc1cccc(Cn2nc(C)c(C(C)O)c2C)c1. The lowest BCUT2D eigenvalue weighted by Crippen LogP contribution is -2.05. The molecule has 0 aliphatic heterocycles. The molecule has 0 amide bonds. The summed E-state index contributed by atoms with van der Waals surface area (Å²) in [6.07, 6.45) is -0.462. The van der Waals surface area contributed by atoms with Gasteiger partial charge in [-0.15, -0.1) is 0 Å². The number of benzene rings is 1. The maximum Gasteiger partial charge on any atom is 0.0797 e. The van der Waals surface area contributed by atoms with Gasteiger partial charge in [-0.1, -0.05) is 29.8 Å². The Morgan fingerprint density at radius 3 is 2.56 bits per heavy atom. The Morgan fingerprint density at radius 1 is 1.28 bits per heavy atom. The third-order valence-corrected chi connectivity index (χ3v) is 3.27. The minimum Gasteiger partial charge on any atom is -0.389 e. The molecule has 1 aromatic carbocycles. The van der Waals surface area contributed by atoms with Gasteiger partial charge in [0.1, 0.15) is 0 Å². The van der Waals surface area contributed by atoms with Crippen molar-refractivity contribution < 1.29 is 5.11 Å². The average molecular weight is 244 g/mol. The van der Waals surface area contributed by atoms with Crippen molar-refractivity contribution in [1.82, 2.24) is 9.78 Å². The number of nitrogens with zero attached hydrogens (tertiary/aromatic N) is 2. The van der Waals surface area contributed by atoms with Gasteiger partial charge in [0, 0.05) is 11.3 Å². The molecular weight excluding hydrogens is 224 g/mol. The molecule has 0 spiro atoms. The van der Waals surface area contributed by atoms with E-state index in [-0.39, 0.29) is 0 Å². The van der Waals surface area contributed by atoms with Gasteiger partial charge in [-0.2, -0.15) is 5.10 Å². The number of rotatable bonds is 3. The van der Waals surface area contributed by atoms with Crippen LogP contribution in [0.25, 0.3) is 0 Å². The molecule has 0 aliphatic rings. The maximum absolute atomic E-state index is 9.76. The van der Waals surface area contributed by atoms with Crippen molar-refractivity contribution in [3.63, 3.8) is 0 Å². The number of aliphatic hydroxyl groups excluding tert-OH is 1. The van der Waals surface area contributed by atoms with Gasteiger partial charge >= 0.3 is 0 Å². The van der Waals surface area contributed by atoms with Crippen LogP contribution in [0.1, 0.15) is 41.1 Å². The molecule has 0 fully saturated rings. The predicted octanol–water partition coefficient (Wildman–Crippen LogP) is 2.91. The molecule has 1 N–H and O–H groups in total. The van der Waals surface area contributed by atoms with Crippen LogP contribution in [0.2, 0.25) is 0 Å². The molecule has 0 radical (unpaired) electrons. The van der Waals surface area contributed by atoms with Crippen LogP contribution in [0.5, 0.6) is 0 Å². The molecule has 3 heteroatoms. The van der Waals surface area contributed by atoms with Crippen LogP contribution in [-0.4, -0.2) is 14.9 Å². The highest BCUT2D eigenvalue weighted by Crippen LogP contribution is 2.21. The van der Waals surface area contributed by atoms with Gasteiger partial charge in [-0.25, -0.2) is 0 Å². The standard InChI is InChI=1S/C15H20N2O/c1-10-6-5-7-14(8-10)9-17-12(3)15(13(4)18)11(2)16-17/h5-8,13,18H,9H2,1-4H3. The van der Waals surface area contributed by atoms with Gasteiger partial charge in [0.05, 0.1) is 18.3 Å². The van der Waals surface area contributed by atoms with Crippen LogP contribution in [0.4, 0.5) is 0 Å².